The summed E-state index contributed by atoms with van der Waals surface area (Å²) in [5.41, 5.74) is 3.07. The Balaban J connectivity index is 2.31. The van der Waals surface area contributed by atoms with Crippen LogP contribution in [0.25, 0.3) is 0 Å². The first kappa shape index (κ1) is 14.1. The van der Waals surface area contributed by atoms with Gasteiger partial charge in [-0.1, -0.05) is 29.3 Å². The Kier molecular flexibility index (Phi) is 3.97. The van der Waals surface area contributed by atoms with Gasteiger partial charge in [-0.2, -0.15) is 5.10 Å². The monoisotopic (exact) mass is 296 g/mol. The van der Waals surface area contributed by atoms with E-state index < -0.39 is 0 Å². The summed E-state index contributed by atoms with van der Waals surface area (Å²) in [5, 5.41) is 5.16. The normalized spacial score (nSPS) is 10.8. The lowest BCUT2D eigenvalue weighted by Crippen LogP contribution is -2.05. The molecular formula is C14H14Cl2N2O. The summed E-state index contributed by atoms with van der Waals surface area (Å²) in [5.74, 6) is -0.0528. The number of hydrogen-bond donors (Lipinski definition) is 0. The van der Waals surface area contributed by atoms with E-state index in [9.17, 15) is 4.79 Å². The van der Waals surface area contributed by atoms with Crippen molar-refractivity contribution in [1.82, 2.24) is 9.78 Å². The number of ketones is 1. The van der Waals surface area contributed by atoms with Crippen molar-refractivity contribution >= 4 is 29.0 Å². The molecule has 0 amide bonds. The number of benzene rings is 1. The fourth-order valence-corrected chi connectivity index (χ4v) is 2.56. The van der Waals surface area contributed by atoms with Gasteiger partial charge in [0.15, 0.2) is 5.78 Å². The maximum Gasteiger partial charge on any atom is 0.168 e. The Bertz CT molecular complexity index is 647. The van der Waals surface area contributed by atoms with Crippen molar-refractivity contribution in [3.8, 4) is 0 Å². The van der Waals surface area contributed by atoms with Crippen LogP contribution in [0.15, 0.2) is 18.2 Å². The van der Waals surface area contributed by atoms with Crippen molar-refractivity contribution in [3.05, 3.63) is 50.8 Å². The maximum absolute atomic E-state index is 12.3. The van der Waals surface area contributed by atoms with Crippen molar-refractivity contribution < 1.29 is 4.79 Å². The summed E-state index contributed by atoms with van der Waals surface area (Å²) in [6, 6.07) is 5.41. The predicted molar refractivity (Wildman–Crippen MR) is 77.2 cm³/mol. The third-order valence-electron chi connectivity index (χ3n) is 3.03. The number of nitrogens with zero attached hydrogens (tertiary/aromatic N) is 2. The van der Waals surface area contributed by atoms with Crippen LogP contribution in [0.4, 0.5) is 0 Å². The van der Waals surface area contributed by atoms with E-state index in [2.05, 4.69) is 5.10 Å². The summed E-state index contributed by atoms with van der Waals surface area (Å²) >= 11 is 12.2. The van der Waals surface area contributed by atoms with Gasteiger partial charge in [0.25, 0.3) is 0 Å². The van der Waals surface area contributed by atoms with Crippen LogP contribution in [0.3, 0.4) is 0 Å². The van der Waals surface area contributed by atoms with Gasteiger partial charge in [0.05, 0.1) is 10.7 Å². The first-order chi connectivity index (χ1) is 8.90. The fraction of sp³-hybridized carbons (Fsp3) is 0.286. The number of hydrogen-bond acceptors (Lipinski definition) is 2. The first-order valence-electron chi connectivity index (χ1n) is 5.87. The molecule has 0 fully saturated rings. The molecule has 0 spiro atoms. The maximum atomic E-state index is 12.3. The molecular weight excluding hydrogens is 283 g/mol. The predicted octanol–water partition coefficient (Wildman–Crippen LogP) is 3.77. The molecule has 0 aliphatic rings. The Morgan fingerprint density at radius 3 is 2.53 bits per heavy atom. The molecule has 3 nitrogen and oxygen atoms in total. The summed E-state index contributed by atoms with van der Waals surface area (Å²) < 4.78 is 1.57. The fourth-order valence-electron chi connectivity index (χ4n) is 1.98. The Labute approximate surface area is 122 Å². The molecule has 0 N–H and O–H groups in total. The number of carbonyl (C=O) groups excluding carboxylic acids is 1. The summed E-state index contributed by atoms with van der Waals surface area (Å²) in [4.78, 5) is 12.3. The third-order valence-corrected chi connectivity index (χ3v) is 3.82. The molecule has 0 atom stereocenters. The highest BCUT2D eigenvalue weighted by Gasteiger charge is 2.17. The zero-order valence-corrected chi connectivity index (χ0v) is 12.5. The van der Waals surface area contributed by atoms with E-state index in [0.29, 0.717) is 15.7 Å². The van der Waals surface area contributed by atoms with Crippen LogP contribution in [-0.2, 0) is 13.5 Å². The highest BCUT2D eigenvalue weighted by atomic mass is 35.5. The average Bonchev–Trinajstić information content (AvgIpc) is 2.56. The van der Waals surface area contributed by atoms with Crippen LogP contribution in [0, 0.1) is 13.8 Å². The third kappa shape index (κ3) is 2.82. The molecule has 0 saturated heterocycles. The second kappa shape index (κ2) is 5.35. The molecule has 0 aliphatic heterocycles. The largest absolute Gasteiger partial charge is 0.294 e. The lowest BCUT2D eigenvalue weighted by Gasteiger charge is -2.05. The van der Waals surface area contributed by atoms with Crippen molar-refractivity contribution in [2.45, 2.75) is 20.3 Å². The van der Waals surface area contributed by atoms with Crippen LogP contribution in [0.2, 0.25) is 10.2 Å². The van der Waals surface area contributed by atoms with Gasteiger partial charge in [-0.25, -0.2) is 0 Å². The Morgan fingerprint density at radius 2 is 2.00 bits per heavy atom. The quantitative estimate of drug-likeness (QED) is 0.808. The smallest absolute Gasteiger partial charge is 0.168 e. The van der Waals surface area contributed by atoms with E-state index in [4.69, 9.17) is 23.2 Å². The van der Waals surface area contributed by atoms with Crippen LogP contribution in [0.1, 0.15) is 27.2 Å². The minimum Gasteiger partial charge on any atom is -0.294 e. The minimum absolute atomic E-state index is 0.0528. The summed E-state index contributed by atoms with van der Waals surface area (Å²) in [7, 11) is 1.75. The number of aryl methyl sites for hydroxylation is 3. The summed E-state index contributed by atoms with van der Waals surface area (Å²) in [6.07, 6.45) is 0.210. The van der Waals surface area contributed by atoms with E-state index in [-0.39, 0.29) is 12.2 Å². The standard InChI is InChI=1S/C14H14Cl2N2O/c1-8-4-5-10(12(15)6-8)13(19)7-11-9(2)17-18(3)14(11)16/h4-6H,7H2,1-3H3. The average molecular weight is 297 g/mol. The van der Waals surface area contributed by atoms with E-state index in [1.165, 1.54) is 0 Å². The number of halogens is 2. The Morgan fingerprint density at radius 1 is 1.32 bits per heavy atom. The number of Topliss-reactive ketones (excluding diaryl/α,β-unsaturated/α-hetero) is 1. The van der Waals surface area contributed by atoms with Gasteiger partial charge in [-0.3, -0.25) is 9.48 Å². The van der Waals surface area contributed by atoms with Gasteiger partial charge in [-0.05, 0) is 31.5 Å². The van der Waals surface area contributed by atoms with Gasteiger partial charge < -0.3 is 0 Å². The van der Waals surface area contributed by atoms with Crippen molar-refractivity contribution in [1.29, 1.82) is 0 Å². The summed E-state index contributed by atoms with van der Waals surface area (Å²) in [6.45, 7) is 3.77. The van der Waals surface area contributed by atoms with Crippen LogP contribution >= 0.6 is 23.2 Å². The van der Waals surface area contributed by atoms with Crippen molar-refractivity contribution in [3.63, 3.8) is 0 Å². The van der Waals surface area contributed by atoms with Gasteiger partial charge in [0.2, 0.25) is 0 Å². The molecule has 0 bridgehead atoms. The molecule has 19 heavy (non-hydrogen) atoms. The molecule has 0 saturated carbocycles. The van der Waals surface area contributed by atoms with E-state index >= 15 is 0 Å². The highest BCUT2D eigenvalue weighted by Crippen LogP contribution is 2.23. The Hall–Kier alpha value is -1.32. The van der Waals surface area contributed by atoms with E-state index in [0.717, 1.165) is 16.8 Å². The van der Waals surface area contributed by atoms with Gasteiger partial charge >= 0.3 is 0 Å². The number of aromatic nitrogens is 2. The van der Waals surface area contributed by atoms with Crippen molar-refractivity contribution in [2.75, 3.05) is 0 Å². The zero-order chi connectivity index (χ0) is 14.2. The molecule has 5 heteroatoms. The van der Waals surface area contributed by atoms with Crippen LogP contribution < -0.4 is 0 Å². The lowest BCUT2D eigenvalue weighted by atomic mass is 10.0. The second-order valence-corrected chi connectivity index (χ2v) is 5.33. The molecule has 0 aliphatic carbocycles. The SMILES string of the molecule is Cc1ccc(C(=O)Cc2c(C)nn(C)c2Cl)c(Cl)c1. The van der Waals surface area contributed by atoms with E-state index in [1.807, 2.05) is 19.9 Å². The van der Waals surface area contributed by atoms with Crippen LogP contribution in [0.5, 0.6) is 0 Å². The van der Waals surface area contributed by atoms with Gasteiger partial charge in [0.1, 0.15) is 5.15 Å². The minimum atomic E-state index is -0.0528. The molecule has 1 heterocycles. The first-order valence-corrected chi connectivity index (χ1v) is 6.63. The number of carbonyl (C=O) groups is 1. The van der Waals surface area contributed by atoms with E-state index in [1.54, 1.807) is 23.9 Å². The zero-order valence-electron chi connectivity index (χ0n) is 11.0. The second-order valence-electron chi connectivity index (χ2n) is 4.56. The molecule has 0 radical (unpaired) electrons. The lowest BCUT2D eigenvalue weighted by molar-refractivity contribution is 0.0993. The van der Waals surface area contributed by atoms with Crippen LogP contribution in [-0.4, -0.2) is 15.6 Å². The molecule has 1 aromatic carbocycles. The molecule has 2 rings (SSSR count). The number of rotatable bonds is 3. The molecule has 100 valence electrons. The molecule has 0 unspecified atom stereocenters. The van der Waals surface area contributed by atoms with Crippen molar-refractivity contribution in [2.24, 2.45) is 7.05 Å². The highest BCUT2D eigenvalue weighted by molar-refractivity contribution is 6.34. The topological polar surface area (TPSA) is 34.9 Å². The molecule has 1 aromatic heterocycles. The van der Waals surface area contributed by atoms with Gasteiger partial charge in [0, 0.05) is 24.6 Å². The van der Waals surface area contributed by atoms with Gasteiger partial charge in [-0.15, -0.1) is 0 Å². The molecule has 2 aromatic rings.